The standard InChI is InChI=1S/C31H52N10O5/c1-20-27(43)37-19-22-10-8-9-21(17-22)18-26(42)39-24(12-3-6-15-33)30(46)40-23(11-2-5-14-32)28(44)36-16-7-4-13-25(29(45)38-20)41-31(34)35/h8-10,17,20,23-25H,2-7,11-16,18-19,32-33H2,1H3,(H,36,44)(H,37,43)(H,38,45)(H,39,42)(H,40,46)(H4,34,35,41)/t20-,23-,24-,25+/m0/s1. The molecule has 46 heavy (non-hydrogen) atoms. The Hall–Kier alpha value is -4.24. The van der Waals surface area contributed by atoms with E-state index in [4.69, 9.17) is 22.9 Å². The summed E-state index contributed by atoms with van der Waals surface area (Å²) in [6, 6.07) is 3.68. The fraction of sp³-hybridized carbons (Fsp3) is 0.613. The molecule has 0 aromatic heterocycles. The van der Waals surface area contributed by atoms with E-state index in [2.05, 4.69) is 31.6 Å². The minimum absolute atomic E-state index is 0.00150. The molecule has 256 valence electrons. The Balaban J connectivity index is 2.31. The number of unbranched alkanes of at least 4 members (excludes halogenated alkanes) is 2. The zero-order valence-corrected chi connectivity index (χ0v) is 26.8. The third kappa shape index (κ3) is 14.2. The van der Waals surface area contributed by atoms with Crippen molar-refractivity contribution in [2.75, 3.05) is 19.6 Å². The van der Waals surface area contributed by atoms with Gasteiger partial charge in [0.1, 0.15) is 24.2 Å². The monoisotopic (exact) mass is 644 g/mol. The first-order valence-corrected chi connectivity index (χ1v) is 16.1. The molecule has 0 radical (unpaired) electrons. The molecule has 1 aliphatic rings. The molecule has 0 aliphatic carbocycles. The van der Waals surface area contributed by atoms with Gasteiger partial charge in [0.15, 0.2) is 5.96 Å². The van der Waals surface area contributed by atoms with Crippen LogP contribution < -0.4 is 49.5 Å². The zero-order valence-electron chi connectivity index (χ0n) is 26.8. The first-order valence-electron chi connectivity index (χ1n) is 16.1. The van der Waals surface area contributed by atoms with E-state index in [0.717, 1.165) is 5.56 Å². The zero-order chi connectivity index (χ0) is 33.9. The van der Waals surface area contributed by atoms with Crippen molar-refractivity contribution in [2.45, 2.75) is 102 Å². The third-order valence-corrected chi connectivity index (χ3v) is 7.56. The lowest BCUT2D eigenvalue weighted by atomic mass is 10.0. The van der Waals surface area contributed by atoms with E-state index < -0.39 is 41.9 Å². The molecule has 2 bridgehead atoms. The highest BCUT2D eigenvalue weighted by Crippen LogP contribution is 2.10. The summed E-state index contributed by atoms with van der Waals surface area (Å²) < 4.78 is 0. The summed E-state index contributed by atoms with van der Waals surface area (Å²) in [5.41, 5.74) is 23.9. The molecular formula is C31H52N10O5. The number of carbonyl (C=O) groups excluding carboxylic acids is 5. The normalized spacial score (nSPS) is 22.8. The van der Waals surface area contributed by atoms with Gasteiger partial charge in [0.25, 0.3) is 0 Å². The van der Waals surface area contributed by atoms with Gasteiger partial charge in [0, 0.05) is 13.1 Å². The van der Waals surface area contributed by atoms with Crippen molar-refractivity contribution in [2.24, 2.45) is 27.9 Å². The number of amides is 5. The average Bonchev–Trinajstić information content (AvgIpc) is 3.01. The first-order chi connectivity index (χ1) is 22.0. The Labute approximate surface area is 270 Å². The molecule has 5 amide bonds. The van der Waals surface area contributed by atoms with Gasteiger partial charge in [-0.25, -0.2) is 4.99 Å². The van der Waals surface area contributed by atoms with E-state index in [1.165, 1.54) is 0 Å². The molecule has 0 unspecified atom stereocenters. The number of rotatable bonds is 9. The molecule has 13 N–H and O–H groups in total. The van der Waals surface area contributed by atoms with Crippen LogP contribution >= 0.6 is 0 Å². The maximum absolute atomic E-state index is 13.4. The lowest BCUT2D eigenvalue weighted by Crippen LogP contribution is -2.54. The molecule has 0 spiro atoms. The highest BCUT2D eigenvalue weighted by Gasteiger charge is 2.27. The number of guanidine groups is 1. The fourth-order valence-electron chi connectivity index (χ4n) is 5.02. The van der Waals surface area contributed by atoms with Gasteiger partial charge in [0.2, 0.25) is 29.5 Å². The summed E-state index contributed by atoms with van der Waals surface area (Å²) in [7, 11) is 0. The van der Waals surface area contributed by atoms with Crippen LogP contribution in [-0.2, 0) is 36.9 Å². The van der Waals surface area contributed by atoms with Crippen molar-refractivity contribution in [3.63, 3.8) is 0 Å². The fourth-order valence-corrected chi connectivity index (χ4v) is 5.02. The van der Waals surface area contributed by atoms with Crippen LogP contribution in [0, 0.1) is 0 Å². The second kappa shape index (κ2) is 20.7. The summed E-state index contributed by atoms with van der Waals surface area (Å²) in [5.74, 6) is -2.33. The Morgan fingerprint density at radius 2 is 1.43 bits per heavy atom. The van der Waals surface area contributed by atoms with E-state index in [1.54, 1.807) is 31.2 Å². The predicted octanol–water partition coefficient (Wildman–Crippen LogP) is -1.48. The van der Waals surface area contributed by atoms with Crippen LogP contribution in [0.3, 0.4) is 0 Å². The molecule has 15 nitrogen and oxygen atoms in total. The van der Waals surface area contributed by atoms with Gasteiger partial charge in [-0.3, -0.25) is 24.0 Å². The van der Waals surface area contributed by atoms with Crippen molar-refractivity contribution in [1.29, 1.82) is 0 Å². The van der Waals surface area contributed by atoms with Crippen LogP contribution in [0.5, 0.6) is 0 Å². The summed E-state index contributed by atoms with van der Waals surface area (Å²) in [5, 5.41) is 14.0. The van der Waals surface area contributed by atoms with Crippen molar-refractivity contribution >= 4 is 35.5 Å². The number of benzene rings is 1. The van der Waals surface area contributed by atoms with Crippen LogP contribution in [0.4, 0.5) is 0 Å². The number of fused-ring (bicyclic) bond motifs is 2. The van der Waals surface area contributed by atoms with E-state index in [9.17, 15) is 24.0 Å². The summed E-state index contributed by atoms with van der Waals surface area (Å²) in [6.07, 6.45) is 4.62. The average molecular weight is 645 g/mol. The van der Waals surface area contributed by atoms with E-state index in [0.29, 0.717) is 70.0 Å². The maximum atomic E-state index is 13.4. The minimum Gasteiger partial charge on any atom is -0.370 e. The molecule has 1 heterocycles. The molecular weight excluding hydrogens is 592 g/mol. The van der Waals surface area contributed by atoms with Crippen LogP contribution in [0.1, 0.15) is 75.8 Å². The smallest absolute Gasteiger partial charge is 0.245 e. The Morgan fingerprint density at radius 3 is 2.09 bits per heavy atom. The van der Waals surface area contributed by atoms with Crippen molar-refractivity contribution in [1.82, 2.24) is 26.6 Å². The molecule has 4 atom stereocenters. The topological polar surface area (TPSA) is 262 Å². The molecule has 2 rings (SSSR count). The van der Waals surface area contributed by atoms with E-state index >= 15 is 0 Å². The van der Waals surface area contributed by atoms with Crippen LogP contribution in [-0.4, -0.2) is 79.3 Å². The van der Waals surface area contributed by atoms with Crippen molar-refractivity contribution in [3.8, 4) is 0 Å². The molecule has 15 heteroatoms. The third-order valence-electron chi connectivity index (χ3n) is 7.56. The van der Waals surface area contributed by atoms with Gasteiger partial charge < -0.3 is 49.5 Å². The molecule has 0 saturated heterocycles. The first kappa shape index (κ1) is 37.9. The van der Waals surface area contributed by atoms with Gasteiger partial charge >= 0.3 is 0 Å². The number of nitrogens with zero attached hydrogens (tertiary/aromatic N) is 1. The highest BCUT2D eigenvalue weighted by atomic mass is 16.2. The minimum atomic E-state index is -0.918. The predicted molar refractivity (Wildman–Crippen MR) is 176 cm³/mol. The second-order valence-electron chi connectivity index (χ2n) is 11.6. The van der Waals surface area contributed by atoms with Gasteiger partial charge in [-0.2, -0.15) is 0 Å². The Kier molecular flexibility index (Phi) is 17.1. The van der Waals surface area contributed by atoms with Gasteiger partial charge in [0.05, 0.1) is 6.42 Å². The lowest BCUT2D eigenvalue weighted by molar-refractivity contribution is -0.132. The number of nitrogens with two attached hydrogens (primary N) is 4. The van der Waals surface area contributed by atoms with Crippen LogP contribution in [0.15, 0.2) is 29.3 Å². The molecule has 0 fully saturated rings. The number of nitrogens with one attached hydrogen (secondary N) is 5. The highest BCUT2D eigenvalue weighted by molar-refractivity contribution is 5.93. The number of aliphatic imine (C=N–C) groups is 1. The van der Waals surface area contributed by atoms with Gasteiger partial charge in [-0.15, -0.1) is 0 Å². The largest absolute Gasteiger partial charge is 0.370 e. The number of carbonyl (C=O) groups is 5. The number of hydrogen-bond acceptors (Lipinski definition) is 8. The summed E-state index contributed by atoms with van der Waals surface area (Å²) in [6.45, 7) is 2.91. The van der Waals surface area contributed by atoms with E-state index in [-0.39, 0.29) is 43.7 Å². The van der Waals surface area contributed by atoms with Gasteiger partial charge in [-0.1, -0.05) is 24.3 Å². The van der Waals surface area contributed by atoms with Crippen molar-refractivity contribution in [3.05, 3.63) is 35.4 Å². The number of hydrogen-bond donors (Lipinski definition) is 9. The molecule has 1 aromatic carbocycles. The molecule has 0 saturated carbocycles. The quantitative estimate of drug-likeness (QED) is 0.0861. The summed E-state index contributed by atoms with van der Waals surface area (Å²) in [4.78, 5) is 69.5. The summed E-state index contributed by atoms with van der Waals surface area (Å²) >= 11 is 0. The molecule has 1 aromatic rings. The molecule has 1 aliphatic heterocycles. The SMILES string of the molecule is C[C@@H]1NC(=O)[C@H](N=C(N)N)CCCCNC(=O)[C@H](CCCCN)NC(=O)[C@H](CCCCN)NC(=O)Cc2cccc(c2)CNC1=O. The second-order valence-corrected chi connectivity index (χ2v) is 11.6. The maximum Gasteiger partial charge on any atom is 0.245 e. The van der Waals surface area contributed by atoms with Crippen LogP contribution in [0.25, 0.3) is 0 Å². The van der Waals surface area contributed by atoms with Crippen molar-refractivity contribution < 1.29 is 24.0 Å². The van der Waals surface area contributed by atoms with Crippen LogP contribution in [0.2, 0.25) is 0 Å². The lowest BCUT2D eigenvalue weighted by Gasteiger charge is -2.23. The van der Waals surface area contributed by atoms with E-state index in [1.807, 2.05) is 0 Å². The Morgan fingerprint density at radius 1 is 0.783 bits per heavy atom. The van der Waals surface area contributed by atoms with Gasteiger partial charge in [-0.05, 0) is 88.9 Å². The Bertz CT molecular complexity index is 1190.